The fourth-order valence-electron chi connectivity index (χ4n) is 1.20. The van der Waals surface area contributed by atoms with Crippen LogP contribution in [0.3, 0.4) is 0 Å². The number of benzene rings is 1. The minimum absolute atomic E-state index is 0. The van der Waals surface area contributed by atoms with Gasteiger partial charge in [0.2, 0.25) is 0 Å². The van der Waals surface area contributed by atoms with Gasteiger partial charge in [0.25, 0.3) is 0 Å². The summed E-state index contributed by atoms with van der Waals surface area (Å²) in [6.45, 7) is 7.04. The van der Waals surface area contributed by atoms with Gasteiger partial charge < -0.3 is 10.4 Å². The van der Waals surface area contributed by atoms with E-state index in [1.807, 2.05) is 26.0 Å². The summed E-state index contributed by atoms with van der Waals surface area (Å²) in [5.41, 5.74) is 2.37. The maximum Gasteiger partial charge on any atom is 0.0607 e. The fourth-order valence-corrected chi connectivity index (χ4v) is 1.20. The summed E-state index contributed by atoms with van der Waals surface area (Å²) in [4.78, 5) is 0. The molecule has 0 aromatic heterocycles. The normalized spacial score (nSPS) is 10.9. The van der Waals surface area contributed by atoms with E-state index in [2.05, 4.69) is 24.4 Å². The summed E-state index contributed by atoms with van der Waals surface area (Å²) in [7, 11) is 0. The Morgan fingerprint density at radius 2 is 1.87 bits per heavy atom. The summed E-state index contributed by atoms with van der Waals surface area (Å²) >= 11 is 0. The Morgan fingerprint density at radius 3 is 2.40 bits per heavy atom. The van der Waals surface area contributed by atoms with Gasteiger partial charge in [-0.1, -0.05) is 24.3 Å². The molecule has 0 saturated heterocycles. The Kier molecular flexibility index (Phi) is 5.88. The van der Waals surface area contributed by atoms with Crippen LogP contribution in [0.25, 0.3) is 0 Å². The molecule has 0 amide bonds. The van der Waals surface area contributed by atoms with Gasteiger partial charge in [0.05, 0.1) is 6.61 Å². The van der Waals surface area contributed by atoms with Gasteiger partial charge in [-0.25, -0.2) is 0 Å². The summed E-state index contributed by atoms with van der Waals surface area (Å²) in [6, 6.07) is 8.28. The highest BCUT2D eigenvalue weighted by Crippen LogP contribution is 2.08. The van der Waals surface area contributed by atoms with Crippen LogP contribution >= 0.6 is 12.4 Å². The molecule has 0 spiro atoms. The Hall–Kier alpha value is -0.570. The maximum absolute atomic E-state index is 9.08. The third-order valence-corrected chi connectivity index (χ3v) is 2.41. The van der Waals surface area contributed by atoms with E-state index < -0.39 is 0 Å². The second kappa shape index (κ2) is 6.11. The number of aryl methyl sites for hydroxylation is 1. The highest BCUT2D eigenvalue weighted by molar-refractivity contribution is 5.85. The summed E-state index contributed by atoms with van der Waals surface area (Å²) in [6.07, 6.45) is 0. The van der Waals surface area contributed by atoms with Crippen molar-refractivity contribution in [1.82, 2.24) is 5.32 Å². The lowest BCUT2D eigenvalue weighted by Gasteiger charge is -2.24. The third kappa shape index (κ3) is 4.65. The van der Waals surface area contributed by atoms with Crippen molar-refractivity contribution in [2.75, 3.05) is 6.61 Å². The molecule has 1 rings (SSSR count). The molecule has 1 aromatic carbocycles. The molecule has 2 nitrogen and oxygen atoms in total. The first-order chi connectivity index (χ1) is 6.55. The Labute approximate surface area is 98.1 Å². The second-order valence-electron chi connectivity index (χ2n) is 4.32. The molecular weight excluding hydrogens is 210 g/mol. The summed E-state index contributed by atoms with van der Waals surface area (Å²) < 4.78 is 0. The van der Waals surface area contributed by atoms with E-state index in [-0.39, 0.29) is 24.6 Å². The monoisotopic (exact) mass is 229 g/mol. The summed E-state index contributed by atoms with van der Waals surface area (Å²) in [5.74, 6) is 0. The van der Waals surface area contributed by atoms with Gasteiger partial charge in [0.15, 0.2) is 0 Å². The van der Waals surface area contributed by atoms with Gasteiger partial charge in [-0.2, -0.15) is 0 Å². The molecule has 15 heavy (non-hydrogen) atoms. The fraction of sp³-hybridized carbons (Fsp3) is 0.500. The van der Waals surface area contributed by atoms with Crippen LogP contribution in [0.4, 0.5) is 0 Å². The first kappa shape index (κ1) is 14.4. The number of halogens is 1. The standard InChI is InChI=1S/C12H19NO.ClH/c1-10-6-4-5-7-11(10)8-13-12(2,3)9-14;/h4-7,13-14H,8-9H2,1-3H3;1H. The van der Waals surface area contributed by atoms with Crippen molar-refractivity contribution in [2.24, 2.45) is 0 Å². The van der Waals surface area contributed by atoms with Crippen molar-refractivity contribution >= 4 is 12.4 Å². The Balaban J connectivity index is 0.00000196. The third-order valence-electron chi connectivity index (χ3n) is 2.41. The molecule has 0 atom stereocenters. The Morgan fingerprint density at radius 1 is 1.27 bits per heavy atom. The van der Waals surface area contributed by atoms with Crippen molar-refractivity contribution in [3.05, 3.63) is 35.4 Å². The van der Waals surface area contributed by atoms with E-state index in [1.165, 1.54) is 11.1 Å². The molecule has 1 aromatic rings. The van der Waals surface area contributed by atoms with Crippen LogP contribution < -0.4 is 5.32 Å². The van der Waals surface area contributed by atoms with Crippen molar-refractivity contribution in [3.63, 3.8) is 0 Å². The molecule has 0 heterocycles. The van der Waals surface area contributed by atoms with Crippen molar-refractivity contribution in [3.8, 4) is 0 Å². The number of rotatable bonds is 4. The lowest BCUT2D eigenvalue weighted by Crippen LogP contribution is -2.42. The van der Waals surface area contributed by atoms with E-state index in [1.54, 1.807) is 0 Å². The smallest absolute Gasteiger partial charge is 0.0607 e. The van der Waals surface area contributed by atoms with Crippen LogP contribution in [0.2, 0.25) is 0 Å². The highest BCUT2D eigenvalue weighted by atomic mass is 35.5. The van der Waals surface area contributed by atoms with Crippen LogP contribution in [0.15, 0.2) is 24.3 Å². The van der Waals surface area contributed by atoms with E-state index in [0.717, 1.165) is 6.54 Å². The first-order valence-electron chi connectivity index (χ1n) is 4.95. The lowest BCUT2D eigenvalue weighted by atomic mass is 10.0. The van der Waals surface area contributed by atoms with Crippen molar-refractivity contribution in [2.45, 2.75) is 32.9 Å². The molecule has 86 valence electrons. The largest absolute Gasteiger partial charge is 0.394 e. The zero-order valence-corrected chi connectivity index (χ0v) is 10.4. The highest BCUT2D eigenvalue weighted by Gasteiger charge is 2.14. The quantitative estimate of drug-likeness (QED) is 0.831. The topological polar surface area (TPSA) is 32.3 Å². The van der Waals surface area contributed by atoms with Gasteiger partial charge in [0, 0.05) is 12.1 Å². The number of hydrogen-bond donors (Lipinski definition) is 2. The van der Waals surface area contributed by atoms with Crippen LogP contribution in [-0.2, 0) is 6.54 Å². The van der Waals surface area contributed by atoms with Crippen molar-refractivity contribution in [1.29, 1.82) is 0 Å². The van der Waals surface area contributed by atoms with Crippen LogP contribution in [0, 0.1) is 6.92 Å². The predicted molar refractivity (Wildman–Crippen MR) is 66.4 cm³/mol. The molecule has 0 unspecified atom stereocenters. The molecule has 0 aliphatic rings. The molecule has 3 heteroatoms. The van der Waals surface area contributed by atoms with Gasteiger partial charge in [0.1, 0.15) is 0 Å². The van der Waals surface area contributed by atoms with Crippen molar-refractivity contribution < 1.29 is 5.11 Å². The number of aliphatic hydroxyl groups excluding tert-OH is 1. The molecule has 2 N–H and O–H groups in total. The molecule has 0 bridgehead atoms. The van der Waals surface area contributed by atoms with E-state index in [9.17, 15) is 0 Å². The molecule has 0 saturated carbocycles. The molecule has 0 fully saturated rings. The number of aliphatic hydroxyl groups is 1. The maximum atomic E-state index is 9.08. The second-order valence-corrected chi connectivity index (χ2v) is 4.32. The lowest BCUT2D eigenvalue weighted by molar-refractivity contribution is 0.187. The molecule has 0 aliphatic heterocycles. The minimum Gasteiger partial charge on any atom is -0.394 e. The van der Waals surface area contributed by atoms with Crippen LogP contribution in [-0.4, -0.2) is 17.3 Å². The van der Waals surface area contributed by atoms with Gasteiger partial charge in [-0.05, 0) is 31.9 Å². The minimum atomic E-state index is -0.206. The average molecular weight is 230 g/mol. The first-order valence-corrected chi connectivity index (χ1v) is 4.95. The van der Waals surface area contributed by atoms with Crippen LogP contribution in [0.5, 0.6) is 0 Å². The van der Waals surface area contributed by atoms with Gasteiger partial charge >= 0.3 is 0 Å². The number of hydrogen-bond acceptors (Lipinski definition) is 2. The summed E-state index contributed by atoms with van der Waals surface area (Å²) in [5, 5.41) is 12.4. The molecule has 0 radical (unpaired) electrons. The average Bonchev–Trinajstić information content (AvgIpc) is 2.17. The van der Waals surface area contributed by atoms with Gasteiger partial charge in [-0.15, -0.1) is 12.4 Å². The van der Waals surface area contributed by atoms with Crippen LogP contribution in [0.1, 0.15) is 25.0 Å². The SMILES string of the molecule is Cc1ccccc1CNC(C)(C)CO.Cl. The number of nitrogens with one attached hydrogen (secondary N) is 1. The van der Waals surface area contributed by atoms with Gasteiger partial charge in [-0.3, -0.25) is 0 Å². The van der Waals surface area contributed by atoms with E-state index in [0.29, 0.717) is 0 Å². The zero-order valence-electron chi connectivity index (χ0n) is 9.58. The van der Waals surface area contributed by atoms with E-state index >= 15 is 0 Å². The zero-order chi connectivity index (χ0) is 10.6. The predicted octanol–water partition coefficient (Wildman–Crippen LogP) is 2.28. The molecular formula is C12H20ClNO. The Bertz CT molecular complexity index is 299. The molecule has 0 aliphatic carbocycles. The van der Waals surface area contributed by atoms with E-state index in [4.69, 9.17) is 5.11 Å².